The van der Waals surface area contributed by atoms with Gasteiger partial charge in [-0.3, -0.25) is 0 Å². The van der Waals surface area contributed by atoms with E-state index in [0.29, 0.717) is 0 Å². The summed E-state index contributed by atoms with van der Waals surface area (Å²) in [5, 5.41) is 8.70. The number of benzene rings is 1. The third-order valence-corrected chi connectivity index (χ3v) is 1.88. The molecule has 0 aromatic heterocycles. The Labute approximate surface area is 80.1 Å². The third-order valence-electron chi connectivity index (χ3n) is 1.88. The molecule has 0 fully saturated rings. The Balaban J connectivity index is 3.25. The van der Waals surface area contributed by atoms with Crippen molar-refractivity contribution in [2.45, 2.75) is 6.04 Å². The summed E-state index contributed by atoms with van der Waals surface area (Å²) in [5.41, 5.74) is 4.98. The van der Waals surface area contributed by atoms with Gasteiger partial charge in [0.15, 0.2) is 11.6 Å². The molecule has 1 rings (SSSR count). The zero-order chi connectivity index (χ0) is 10.7. The van der Waals surface area contributed by atoms with Crippen LogP contribution in [0.1, 0.15) is 11.6 Å². The van der Waals surface area contributed by atoms with Gasteiger partial charge in [0.25, 0.3) is 0 Å². The van der Waals surface area contributed by atoms with Gasteiger partial charge in [-0.1, -0.05) is 0 Å². The Morgan fingerprint density at radius 2 is 2.14 bits per heavy atom. The molecule has 78 valence electrons. The van der Waals surface area contributed by atoms with Gasteiger partial charge >= 0.3 is 0 Å². The van der Waals surface area contributed by atoms with Gasteiger partial charge in [-0.15, -0.1) is 0 Å². The van der Waals surface area contributed by atoms with Crippen LogP contribution < -0.4 is 10.5 Å². The van der Waals surface area contributed by atoms with E-state index in [1.165, 1.54) is 7.11 Å². The molecule has 1 aromatic rings. The monoisotopic (exact) mass is 203 g/mol. The predicted molar refractivity (Wildman–Crippen MR) is 46.9 cm³/mol. The van der Waals surface area contributed by atoms with E-state index in [-0.39, 0.29) is 11.3 Å². The lowest BCUT2D eigenvalue weighted by molar-refractivity contribution is 0.260. The van der Waals surface area contributed by atoms with Crippen molar-refractivity contribution in [2.24, 2.45) is 5.73 Å². The second-order valence-electron chi connectivity index (χ2n) is 2.77. The van der Waals surface area contributed by atoms with Gasteiger partial charge in [-0.05, 0) is 12.1 Å². The first-order chi connectivity index (χ1) is 6.61. The fraction of sp³-hybridized carbons (Fsp3) is 0.333. The fourth-order valence-electron chi connectivity index (χ4n) is 1.14. The number of halogens is 2. The van der Waals surface area contributed by atoms with Crippen molar-refractivity contribution in [1.29, 1.82) is 0 Å². The van der Waals surface area contributed by atoms with Crippen LogP contribution in [0.3, 0.4) is 0 Å². The first-order valence-electron chi connectivity index (χ1n) is 4.00. The fourth-order valence-corrected chi connectivity index (χ4v) is 1.14. The number of hydrogen-bond acceptors (Lipinski definition) is 3. The molecule has 0 aliphatic heterocycles. The number of ether oxygens (including phenoxy) is 1. The van der Waals surface area contributed by atoms with Crippen LogP contribution >= 0.6 is 0 Å². The largest absolute Gasteiger partial charge is 0.494 e. The SMILES string of the molecule is COc1ccc(F)c(C(N)CO)c1F. The lowest BCUT2D eigenvalue weighted by Gasteiger charge is -2.12. The van der Waals surface area contributed by atoms with Crippen LogP contribution in [0.4, 0.5) is 8.78 Å². The number of hydrogen-bond donors (Lipinski definition) is 2. The molecule has 3 N–H and O–H groups in total. The van der Waals surface area contributed by atoms with Crippen molar-refractivity contribution in [3.63, 3.8) is 0 Å². The smallest absolute Gasteiger partial charge is 0.172 e. The number of aliphatic hydroxyl groups is 1. The van der Waals surface area contributed by atoms with Crippen molar-refractivity contribution < 1.29 is 18.6 Å². The second kappa shape index (κ2) is 4.34. The molecule has 3 nitrogen and oxygen atoms in total. The standard InChI is InChI=1S/C9H11F2NO2/c1-14-7-3-2-5(10)8(9(7)11)6(12)4-13/h2-3,6,13H,4,12H2,1H3. The number of nitrogens with two attached hydrogens (primary N) is 1. The average molecular weight is 203 g/mol. The molecule has 0 saturated carbocycles. The van der Waals surface area contributed by atoms with E-state index in [1.807, 2.05) is 0 Å². The molecule has 0 bridgehead atoms. The summed E-state index contributed by atoms with van der Waals surface area (Å²) in [6, 6.07) is 1.13. The predicted octanol–water partition coefficient (Wildman–Crippen LogP) is 0.966. The summed E-state index contributed by atoms with van der Waals surface area (Å²) in [6.45, 7) is -0.527. The van der Waals surface area contributed by atoms with Gasteiger partial charge < -0.3 is 15.6 Å². The van der Waals surface area contributed by atoms with E-state index in [9.17, 15) is 8.78 Å². The van der Waals surface area contributed by atoms with Gasteiger partial charge in [0.2, 0.25) is 0 Å². The number of methoxy groups -OCH3 is 1. The zero-order valence-corrected chi connectivity index (χ0v) is 7.63. The lowest BCUT2D eigenvalue weighted by atomic mass is 10.1. The van der Waals surface area contributed by atoms with Crippen LogP contribution in [0.2, 0.25) is 0 Å². The van der Waals surface area contributed by atoms with E-state index in [2.05, 4.69) is 4.74 Å². The molecule has 14 heavy (non-hydrogen) atoms. The molecular formula is C9H11F2NO2. The Morgan fingerprint density at radius 1 is 1.50 bits per heavy atom. The zero-order valence-electron chi connectivity index (χ0n) is 7.63. The van der Waals surface area contributed by atoms with Crippen molar-refractivity contribution in [3.05, 3.63) is 29.3 Å². The molecule has 5 heteroatoms. The van der Waals surface area contributed by atoms with Crippen molar-refractivity contribution in [2.75, 3.05) is 13.7 Å². The highest BCUT2D eigenvalue weighted by Gasteiger charge is 2.19. The maximum absolute atomic E-state index is 13.4. The molecule has 0 radical (unpaired) electrons. The second-order valence-corrected chi connectivity index (χ2v) is 2.77. The molecule has 1 unspecified atom stereocenters. The van der Waals surface area contributed by atoms with E-state index in [0.717, 1.165) is 12.1 Å². The Hall–Kier alpha value is -1.20. The summed E-state index contributed by atoms with van der Waals surface area (Å²) in [6.07, 6.45) is 0. The minimum Gasteiger partial charge on any atom is -0.494 e. The Bertz CT molecular complexity index is 331. The summed E-state index contributed by atoms with van der Waals surface area (Å²) in [4.78, 5) is 0. The third kappa shape index (κ3) is 1.83. The molecule has 0 spiro atoms. The van der Waals surface area contributed by atoms with Crippen molar-refractivity contribution in [1.82, 2.24) is 0 Å². The van der Waals surface area contributed by atoms with E-state index >= 15 is 0 Å². The van der Waals surface area contributed by atoms with E-state index in [4.69, 9.17) is 10.8 Å². The van der Waals surface area contributed by atoms with E-state index in [1.54, 1.807) is 0 Å². The quantitative estimate of drug-likeness (QED) is 0.769. The molecule has 1 aromatic carbocycles. The summed E-state index contributed by atoms with van der Waals surface area (Å²) in [7, 11) is 1.27. The maximum Gasteiger partial charge on any atom is 0.172 e. The van der Waals surface area contributed by atoms with Gasteiger partial charge in [-0.2, -0.15) is 0 Å². The van der Waals surface area contributed by atoms with E-state index < -0.39 is 24.3 Å². The molecule has 0 amide bonds. The molecule has 0 aliphatic carbocycles. The minimum absolute atomic E-state index is 0.0923. The van der Waals surface area contributed by atoms with Crippen LogP contribution in [0, 0.1) is 11.6 Å². The number of rotatable bonds is 3. The van der Waals surface area contributed by atoms with Gasteiger partial charge in [0.05, 0.1) is 19.8 Å². The van der Waals surface area contributed by atoms with Crippen LogP contribution in [0.15, 0.2) is 12.1 Å². The number of aliphatic hydroxyl groups excluding tert-OH is 1. The van der Waals surface area contributed by atoms with Gasteiger partial charge in [-0.25, -0.2) is 8.78 Å². The summed E-state index contributed by atoms with van der Waals surface area (Å²) >= 11 is 0. The molecule has 1 atom stereocenters. The van der Waals surface area contributed by atoms with Crippen LogP contribution in [0.25, 0.3) is 0 Å². The molecular weight excluding hydrogens is 192 g/mol. The van der Waals surface area contributed by atoms with Crippen molar-refractivity contribution in [3.8, 4) is 5.75 Å². The highest BCUT2D eigenvalue weighted by Crippen LogP contribution is 2.26. The average Bonchev–Trinajstić information content (AvgIpc) is 2.18. The first kappa shape index (κ1) is 10.9. The maximum atomic E-state index is 13.4. The van der Waals surface area contributed by atoms with Crippen molar-refractivity contribution >= 4 is 0 Å². The highest BCUT2D eigenvalue weighted by molar-refractivity contribution is 5.34. The summed E-state index contributed by atoms with van der Waals surface area (Å²) < 4.78 is 31.2. The molecule has 0 saturated heterocycles. The first-order valence-corrected chi connectivity index (χ1v) is 4.00. The van der Waals surface area contributed by atoms with Crippen LogP contribution in [-0.4, -0.2) is 18.8 Å². The van der Waals surface area contributed by atoms with Crippen LogP contribution in [-0.2, 0) is 0 Å². The lowest BCUT2D eigenvalue weighted by Crippen LogP contribution is -2.18. The molecule has 0 aliphatic rings. The Morgan fingerprint density at radius 3 is 2.64 bits per heavy atom. The van der Waals surface area contributed by atoms with Gasteiger partial charge in [0, 0.05) is 5.56 Å². The normalized spacial score (nSPS) is 12.6. The topological polar surface area (TPSA) is 55.5 Å². The summed E-state index contributed by atoms with van der Waals surface area (Å²) in [5.74, 6) is -1.75. The highest BCUT2D eigenvalue weighted by atomic mass is 19.1. The minimum atomic E-state index is -1.08. The van der Waals surface area contributed by atoms with Crippen LogP contribution in [0.5, 0.6) is 5.75 Å². The Kier molecular flexibility index (Phi) is 3.38. The molecule has 0 heterocycles. The van der Waals surface area contributed by atoms with Gasteiger partial charge in [0.1, 0.15) is 5.82 Å².